The van der Waals surface area contributed by atoms with E-state index in [2.05, 4.69) is 4.99 Å². The largest absolute Gasteiger partial charge is 0.496 e. The van der Waals surface area contributed by atoms with Gasteiger partial charge in [-0.2, -0.15) is 13.2 Å². The van der Waals surface area contributed by atoms with Crippen molar-refractivity contribution in [1.82, 2.24) is 4.57 Å². The molecule has 0 radical (unpaired) electrons. The fourth-order valence-electron chi connectivity index (χ4n) is 4.81. The number of fused-ring (bicyclic) bond motifs is 2. The van der Waals surface area contributed by atoms with E-state index in [1.165, 1.54) is 32.2 Å². The molecule has 0 unspecified atom stereocenters. The van der Waals surface area contributed by atoms with Gasteiger partial charge in [-0.3, -0.25) is 9.36 Å². The zero-order chi connectivity index (χ0) is 30.9. The van der Waals surface area contributed by atoms with Crippen molar-refractivity contribution >= 4 is 40.1 Å². The molecule has 0 saturated carbocycles. The summed E-state index contributed by atoms with van der Waals surface area (Å²) in [5.74, 6) is -1.97. The summed E-state index contributed by atoms with van der Waals surface area (Å²) < 4.78 is 60.5. The lowest BCUT2D eigenvalue weighted by Crippen LogP contribution is -2.41. The average molecular weight is 613 g/mol. The average Bonchev–Trinajstić information content (AvgIpc) is 3.29. The van der Waals surface area contributed by atoms with Crippen LogP contribution in [0.15, 0.2) is 81.7 Å². The van der Waals surface area contributed by atoms with Crippen molar-refractivity contribution in [3.63, 3.8) is 0 Å². The molecule has 13 heteroatoms. The van der Waals surface area contributed by atoms with Gasteiger partial charge in [0, 0.05) is 5.56 Å². The molecular weight excluding hydrogens is 589 g/mol. The van der Waals surface area contributed by atoms with Crippen LogP contribution in [0.5, 0.6) is 11.5 Å². The minimum absolute atomic E-state index is 0.0498. The topological polar surface area (TPSA) is 116 Å². The second-order valence-corrected chi connectivity index (χ2v) is 10.2. The predicted molar refractivity (Wildman–Crippen MR) is 151 cm³/mol. The van der Waals surface area contributed by atoms with Crippen molar-refractivity contribution in [2.24, 2.45) is 4.99 Å². The summed E-state index contributed by atoms with van der Waals surface area (Å²) in [5, 5.41) is 9.92. The highest BCUT2D eigenvalue weighted by Crippen LogP contribution is 2.43. The number of nitrogens with zero attached hydrogens (tertiary/aromatic N) is 2. The van der Waals surface area contributed by atoms with E-state index in [1.54, 1.807) is 48.5 Å². The Labute approximate surface area is 245 Å². The van der Waals surface area contributed by atoms with E-state index >= 15 is 0 Å². The van der Waals surface area contributed by atoms with Gasteiger partial charge in [0.05, 0.1) is 23.8 Å². The number of aromatic nitrogens is 1. The Hall–Kier alpha value is -4.91. The minimum atomic E-state index is -5.06. The van der Waals surface area contributed by atoms with E-state index in [1.807, 2.05) is 0 Å². The molecule has 222 valence electrons. The Morgan fingerprint density at radius 1 is 1.09 bits per heavy atom. The van der Waals surface area contributed by atoms with Gasteiger partial charge < -0.3 is 19.3 Å². The molecule has 1 atom stereocenters. The molecule has 0 spiro atoms. The highest BCUT2D eigenvalue weighted by atomic mass is 32.1. The molecule has 4 aromatic rings. The normalized spacial score (nSPS) is 15.2. The zero-order valence-corrected chi connectivity index (χ0v) is 23.5. The van der Waals surface area contributed by atoms with Crippen LogP contribution in [-0.2, 0) is 14.3 Å². The lowest BCUT2D eigenvalue weighted by molar-refractivity contribution is -0.141. The Morgan fingerprint density at radius 3 is 2.47 bits per heavy atom. The number of methoxy groups -OCH3 is 1. The van der Waals surface area contributed by atoms with E-state index in [-0.39, 0.29) is 33.0 Å². The number of aliphatic carboxylic acids is 1. The summed E-state index contributed by atoms with van der Waals surface area (Å²) in [6, 6.07) is 14.7. The third kappa shape index (κ3) is 5.75. The number of rotatable bonds is 8. The van der Waals surface area contributed by atoms with Crippen molar-refractivity contribution < 1.29 is 42.1 Å². The van der Waals surface area contributed by atoms with Crippen LogP contribution < -0.4 is 24.4 Å². The first-order valence-electron chi connectivity index (χ1n) is 12.8. The van der Waals surface area contributed by atoms with Crippen molar-refractivity contribution in [3.05, 3.63) is 103 Å². The fourth-order valence-corrected chi connectivity index (χ4v) is 5.81. The van der Waals surface area contributed by atoms with Crippen LogP contribution in [0.25, 0.3) is 16.8 Å². The van der Waals surface area contributed by atoms with E-state index < -0.39 is 47.6 Å². The van der Waals surface area contributed by atoms with Gasteiger partial charge in [-0.05, 0) is 47.5 Å². The summed E-state index contributed by atoms with van der Waals surface area (Å²) in [7, 11) is 1.35. The Morgan fingerprint density at radius 2 is 1.81 bits per heavy atom. The quantitative estimate of drug-likeness (QED) is 0.300. The molecule has 1 aliphatic heterocycles. The molecule has 0 saturated heterocycles. The molecule has 43 heavy (non-hydrogen) atoms. The van der Waals surface area contributed by atoms with E-state index in [9.17, 15) is 27.6 Å². The van der Waals surface area contributed by atoms with Crippen molar-refractivity contribution in [3.8, 4) is 11.5 Å². The molecule has 0 aliphatic carbocycles. The second kappa shape index (κ2) is 11.8. The molecule has 1 aromatic heterocycles. The highest BCUT2D eigenvalue weighted by Gasteiger charge is 2.46. The third-order valence-electron chi connectivity index (χ3n) is 6.56. The van der Waals surface area contributed by atoms with Crippen LogP contribution in [0.1, 0.15) is 24.1 Å². The van der Waals surface area contributed by atoms with Crippen LogP contribution >= 0.6 is 11.3 Å². The van der Waals surface area contributed by atoms with Gasteiger partial charge in [0.15, 0.2) is 17.1 Å². The van der Waals surface area contributed by atoms with Crippen molar-refractivity contribution in [2.45, 2.75) is 19.1 Å². The Bertz CT molecular complexity index is 1940. The molecule has 0 bridgehead atoms. The van der Waals surface area contributed by atoms with Crippen LogP contribution in [0.2, 0.25) is 0 Å². The first-order chi connectivity index (χ1) is 20.5. The smallest absolute Gasteiger partial charge is 0.434 e. The number of carbonyl (C=O) groups is 2. The molecule has 5 rings (SSSR count). The van der Waals surface area contributed by atoms with E-state index in [4.69, 9.17) is 19.3 Å². The number of thiazole rings is 1. The van der Waals surface area contributed by atoms with Gasteiger partial charge >= 0.3 is 18.1 Å². The number of ether oxygens (including phenoxy) is 3. The molecule has 1 N–H and O–H groups in total. The fraction of sp³-hybridized carbons (Fsp3) is 0.200. The number of carboxylic acids is 1. The first-order valence-corrected chi connectivity index (χ1v) is 13.7. The summed E-state index contributed by atoms with van der Waals surface area (Å²) >= 11 is 0.732. The van der Waals surface area contributed by atoms with Crippen LogP contribution in [-0.4, -0.2) is 48.1 Å². The van der Waals surface area contributed by atoms with Gasteiger partial charge in [0.25, 0.3) is 5.56 Å². The number of alkyl halides is 3. The minimum Gasteiger partial charge on any atom is -0.496 e. The number of allylic oxidation sites excluding steroid dienone is 1. The summed E-state index contributed by atoms with van der Waals surface area (Å²) in [5.41, 5.74) is -2.31. The number of halogens is 3. The van der Waals surface area contributed by atoms with Crippen molar-refractivity contribution in [1.29, 1.82) is 0 Å². The molecule has 9 nitrogen and oxygen atoms in total. The highest BCUT2D eigenvalue weighted by molar-refractivity contribution is 7.07. The van der Waals surface area contributed by atoms with E-state index in [0.29, 0.717) is 16.3 Å². The SMILES string of the molecule is CCOC(=O)C1=C(C(F)(F)F)N=c2s/c(=C\c3ccc(OCC(=O)O)cc3)c(=O)n2[C@@H]1c1c(OC)ccc2ccccc12. The number of hydrogen-bond acceptors (Lipinski definition) is 8. The Balaban J connectivity index is 1.80. The molecular formula is C30H23F3N2O7S. The molecule has 0 fully saturated rings. The van der Waals surface area contributed by atoms with Gasteiger partial charge in [0.1, 0.15) is 17.5 Å². The van der Waals surface area contributed by atoms with Gasteiger partial charge in [-0.1, -0.05) is 53.8 Å². The summed E-state index contributed by atoms with van der Waals surface area (Å²) in [4.78, 5) is 41.5. The third-order valence-corrected chi connectivity index (χ3v) is 7.54. The first kappa shape index (κ1) is 29.6. The van der Waals surface area contributed by atoms with Crippen LogP contribution in [0.4, 0.5) is 13.2 Å². The van der Waals surface area contributed by atoms with Gasteiger partial charge in [-0.25, -0.2) is 14.6 Å². The number of esters is 1. The number of benzene rings is 3. The molecule has 3 aromatic carbocycles. The van der Waals surface area contributed by atoms with Gasteiger partial charge in [0.2, 0.25) is 0 Å². The standard InChI is InChI=1S/C30H23F3N2O7S/c1-3-41-28(39)24-25(23-19-7-5-4-6-17(19)10-13-20(23)40-2)35-27(38)21(43-29(35)34-26(24)30(31,32)33)14-16-8-11-18(12-9-16)42-15-22(36)37/h4-14,25H,3,15H2,1-2H3,(H,36,37)/b21-14-/t25-/m1/s1. The van der Waals surface area contributed by atoms with Crippen LogP contribution in [0, 0.1) is 0 Å². The van der Waals surface area contributed by atoms with Crippen LogP contribution in [0.3, 0.4) is 0 Å². The van der Waals surface area contributed by atoms with E-state index in [0.717, 1.165) is 15.9 Å². The maximum Gasteiger partial charge on any atom is 0.434 e. The summed E-state index contributed by atoms with van der Waals surface area (Å²) in [6.45, 7) is 0.718. The monoisotopic (exact) mass is 612 g/mol. The number of hydrogen-bond donors (Lipinski definition) is 1. The molecule has 0 amide bonds. The van der Waals surface area contributed by atoms with Gasteiger partial charge in [-0.15, -0.1) is 0 Å². The van der Waals surface area contributed by atoms with Crippen molar-refractivity contribution in [2.75, 3.05) is 20.3 Å². The maximum absolute atomic E-state index is 14.5. The lowest BCUT2D eigenvalue weighted by Gasteiger charge is -2.28. The zero-order valence-electron chi connectivity index (χ0n) is 22.7. The predicted octanol–water partition coefficient (Wildman–Crippen LogP) is 3.97. The Kier molecular flexibility index (Phi) is 8.09. The summed E-state index contributed by atoms with van der Waals surface area (Å²) in [6.07, 6.45) is -3.59. The molecule has 2 heterocycles. The lowest BCUT2D eigenvalue weighted by atomic mass is 9.90. The number of carboxylic acid groups (broad SMARTS) is 1. The number of carbonyl (C=O) groups excluding carboxylic acids is 1. The molecule has 1 aliphatic rings. The second-order valence-electron chi connectivity index (χ2n) is 9.22. The maximum atomic E-state index is 14.5.